The number of nitrogens with one attached hydrogen (secondary N) is 1. The Bertz CT molecular complexity index is 258. The third kappa shape index (κ3) is 6.24. The lowest BCUT2D eigenvalue weighted by Gasteiger charge is -2.25. The van der Waals surface area contributed by atoms with E-state index in [1.807, 2.05) is 0 Å². The zero-order valence-electron chi connectivity index (χ0n) is 11.9. The van der Waals surface area contributed by atoms with Crippen LogP contribution in [-0.4, -0.2) is 30.3 Å². The second kappa shape index (κ2) is 7.62. The molecule has 0 heterocycles. The van der Waals surface area contributed by atoms with Crippen LogP contribution in [0.3, 0.4) is 0 Å². The van der Waals surface area contributed by atoms with Crippen LogP contribution in [0.15, 0.2) is 4.99 Å². The molecule has 1 aliphatic carbocycles. The summed E-state index contributed by atoms with van der Waals surface area (Å²) in [6.45, 7) is 5.31. The summed E-state index contributed by atoms with van der Waals surface area (Å²) in [5, 5.41) is 12.2. The van der Waals surface area contributed by atoms with E-state index in [4.69, 9.17) is 10.8 Å². The summed E-state index contributed by atoms with van der Waals surface area (Å²) in [6, 6.07) is 0.517. The second-order valence-corrected chi connectivity index (χ2v) is 6.17. The molecule has 0 bridgehead atoms. The minimum atomic E-state index is 0.113. The molecule has 0 aromatic carbocycles. The van der Waals surface area contributed by atoms with Crippen molar-refractivity contribution in [3.8, 4) is 0 Å². The van der Waals surface area contributed by atoms with Gasteiger partial charge >= 0.3 is 0 Å². The first kappa shape index (κ1) is 15.3. The van der Waals surface area contributed by atoms with Gasteiger partial charge in [0.25, 0.3) is 0 Å². The number of hydrogen-bond acceptors (Lipinski definition) is 2. The minimum Gasteiger partial charge on any atom is -0.396 e. The number of rotatable bonds is 6. The number of aliphatic hydroxyl groups excluding tert-OH is 1. The van der Waals surface area contributed by atoms with Crippen LogP contribution < -0.4 is 11.1 Å². The van der Waals surface area contributed by atoms with Crippen molar-refractivity contribution in [3.63, 3.8) is 0 Å². The minimum absolute atomic E-state index is 0.113. The molecule has 1 fully saturated rings. The van der Waals surface area contributed by atoms with Crippen LogP contribution in [-0.2, 0) is 0 Å². The fourth-order valence-corrected chi connectivity index (χ4v) is 2.44. The highest BCUT2D eigenvalue weighted by atomic mass is 16.2. The largest absolute Gasteiger partial charge is 0.396 e. The summed E-state index contributed by atoms with van der Waals surface area (Å²) in [5.41, 5.74) is 6.04. The van der Waals surface area contributed by atoms with E-state index in [2.05, 4.69) is 24.2 Å². The molecule has 0 aromatic heterocycles. The molecule has 0 amide bonds. The molecule has 0 aromatic rings. The van der Waals surface area contributed by atoms with Crippen molar-refractivity contribution in [2.24, 2.45) is 16.1 Å². The number of aliphatic hydroxyl groups is 1. The summed E-state index contributed by atoms with van der Waals surface area (Å²) in [4.78, 5) is 4.44. The van der Waals surface area contributed by atoms with Crippen molar-refractivity contribution >= 4 is 5.96 Å². The third-order valence-corrected chi connectivity index (χ3v) is 3.65. The maximum Gasteiger partial charge on any atom is 0.188 e. The van der Waals surface area contributed by atoms with E-state index in [0.29, 0.717) is 12.0 Å². The fourth-order valence-electron chi connectivity index (χ4n) is 2.44. The van der Waals surface area contributed by atoms with Crippen molar-refractivity contribution < 1.29 is 5.11 Å². The number of guanidine groups is 1. The molecule has 18 heavy (non-hydrogen) atoms. The summed E-state index contributed by atoms with van der Waals surface area (Å²) >= 11 is 0. The van der Waals surface area contributed by atoms with Crippen molar-refractivity contribution in [1.82, 2.24) is 5.32 Å². The van der Waals surface area contributed by atoms with Gasteiger partial charge in [-0.05, 0) is 31.1 Å². The molecular weight excluding hydrogens is 226 g/mol. The maximum absolute atomic E-state index is 8.85. The molecule has 0 aliphatic heterocycles. The smallest absolute Gasteiger partial charge is 0.188 e. The van der Waals surface area contributed by atoms with E-state index in [-0.39, 0.29) is 12.0 Å². The Morgan fingerprint density at radius 3 is 2.61 bits per heavy atom. The Labute approximate surface area is 111 Å². The topological polar surface area (TPSA) is 70.6 Å². The summed E-state index contributed by atoms with van der Waals surface area (Å²) < 4.78 is 0. The van der Waals surface area contributed by atoms with E-state index < -0.39 is 0 Å². The zero-order chi connectivity index (χ0) is 13.4. The molecular formula is C14H29N3O. The van der Waals surface area contributed by atoms with Crippen molar-refractivity contribution in [2.75, 3.05) is 13.2 Å². The fraction of sp³-hybridized carbons (Fsp3) is 0.929. The molecule has 1 saturated carbocycles. The molecule has 0 saturated heterocycles. The van der Waals surface area contributed by atoms with Gasteiger partial charge in [0.05, 0.1) is 0 Å². The highest BCUT2D eigenvalue weighted by Gasteiger charge is 2.17. The molecule has 4 nitrogen and oxygen atoms in total. The Morgan fingerprint density at radius 2 is 2.00 bits per heavy atom. The molecule has 0 unspecified atom stereocenters. The monoisotopic (exact) mass is 255 g/mol. The van der Waals surface area contributed by atoms with Crippen LogP contribution in [0.4, 0.5) is 0 Å². The molecule has 1 aliphatic rings. The van der Waals surface area contributed by atoms with Gasteiger partial charge in [0.1, 0.15) is 0 Å². The summed E-state index contributed by atoms with van der Waals surface area (Å²) in [7, 11) is 0. The molecule has 0 spiro atoms. The van der Waals surface area contributed by atoms with Gasteiger partial charge in [-0.1, -0.05) is 33.1 Å². The van der Waals surface area contributed by atoms with Crippen molar-refractivity contribution in [2.45, 2.75) is 64.8 Å². The maximum atomic E-state index is 8.85. The average molecular weight is 255 g/mol. The zero-order valence-corrected chi connectivity index (χ0v) is 11.9. The standard InChI is InChI=1S/C14H29N3O/c1-14(2,9-6-10-18)11-16-13(15)17-12-7-4-3-5-8-12/h12,18H,3-11H2,1-2H3,(H3,15,16,17). The van der Waals surface area contributed by atoms with Crippen LogP contribution in [0.25, 0.3) is 0 Å². The van der Waals surface area contributed by atoms with Crippen LogP contribution in [0.2, 0.25) is 0 Å². The van der Waals surface area contributed by atoms with Gasteiger partial charge < -0.3 is 16.2 Å². The van der Waals surface area contributed by atoms with Crippen LogP contribution in [0.1, 0.15) is 58.8 Å². The lowest BCUT2D eigenvalue weighted by Crippen LogP contribution is -2.41. The first-order valence-corrected chi connectivity index (χ1v) is 7.21. The number of nitrogens with two attached hydrogens (primary N) is 1. The quantitative estimate of drug-likeness (QED) is 0.502. The Kier molecular flexibility index (Phi) is 6.47. The van der Waals surface area contributed by atoms with Gasteiger partial charge in [-0.2, -0.15) is 0 Å². The second-order valence-electron chi connectivity index (χ2n) is 6.17. The molecule has 0 atom stereocenters. The molecule has 0 radical (unpaired) electrons. The number of aliphatic imine (C=N–C) groups is 1. The Hall–Kier alpha value is -0.770. The van der Waals surface area contributed by atoms with Gasteiger partial charge in [-0.15, -0.1) is 0 Å². The highest BCUT2D eigenvalue weighted by molar-refractivity contribution is 5.78. The summed E-state index contributed by atoms with van der Waals surface area (Å²) in [6.07, 6.45) is 8.18. The van der Waals surface area contributed by atoms with Gasteiger partial charge in [0, 0.05) is 19.2 Å². The Balaban J connectivity index is 2.31. The van der Waals surface area contributed by atoms with Gasteiger partial charge in [0.15, 0.2) is 5.96 Å². The first-order chi connectivity index (χ1) is 8.53. The molecule has 106 valence electrons. The van der Waals surface area contributed by atoms with Crippen molar-refractivity contribution in [1.29, 1.82) is 0 Å². The average Bonchev–Trinajstić information content (AvgIpc) is 2.36. The number of hydrogen-bond donors (Lipinski definition) is 3. The van der Waals surface area contributed by atoms with E-state index in [9.17, 15) is 0 Å². The van der Waals surface area contributed by atoms with Crippen LogP contribution in [0, 0.1) is 5.41 Å². The lowest BCUT2D eigenvalue weighted by atomic mass is 9.88. The lowest BCUT2D eigenvalue weighted by molar-refractivity contribution is 0.245. The SMILES string of the molecule is CC(C)(CCCO)CN=C(N)NC1CCCCC1. The highest BCUT2D eigenvalue weighted by Crippen LogP contribution is 2.22. The van der Waals surface area contributed by atoms with Gasteiger partial charge in [-0.25, -0.2) is 0 Å². The Morgan fingerprint density at radius 1 is 1.33 bits per heavy atom. The van der Waals surface area contributed by atoms with E-state index in [1.165, 1.54) is 32.1 Å². The van der Waals surface area contributed by atoms with Crippen LogP contribution in [0.5, 0.6) is 0 Å². The first-order valence-electron chi connectivity index (χ1n) is 7.21. The van der Waals surface area contributed by atoms with Crippen LogP contribution >= 0.6 is 0 Å². The van der Waals surface area contributed by atoms with E-state index >= 15 is 0 Å². The molecule has 1 rings (SSSR count). The van der Waals surface area contributed by atoms with E-state index in [0.717, 1.165) is 19.4 Å². The number of nitrogens with zero attached hydrogens (tertiary/aromatic N) is 1. The van der Waals surface area contributed by atoms with E-state index in [1.54, 1.807) is 0 Å². The summed E-state index contributed by atoms with van der Waals surface area (Å²) in [5.74, 6) is 0.582. The van der Waals surface area contributed by atoms with Gasteiger partial charge in [-0.3, -0.25) is 4.99 Å². The molecule has 4 N–H and O–H groups in total. The predicted octanol–water partition coefficient (Wildman–Crippen LogP) is 2.02. The normalized spacial score (nSPS) is 18.9. The third-order valence-electron chi connectivity index (χ3n) is 3.65. The van der Waals surface area contributed by atoms with Crippen molar-refractivity contribution in [3.05, 3.63) is 0 Å². The predicted molar refractivity (Wildman–Crippen MR) is 76.6 cm³/mol. The van der Waals surface area contributed by atoms with Gasteiger partial charge in [0.2, 0.25) is 0 Å². The molecule has 4 heteroatoms.